The van der Waals surface area contributed by atoms with Crippen LogP contribution in [-0.4, -0.2) is 15.7 Å². The number of benzene rings is 1. The van der Waals surface area contributed by atoms with Crippen LogP contribution in [0.15, 0.2) is 12.1 Å². The van der Waals surface area contributed by atoms with E-state index in [2.05, 4.69) is 42.0 Å². The van der Waals surface area contributed by atoms with E-state index in [1.54, 1.807) is 6.92 Å². The molecule has 5 nitrogen and oxygen atoms in total. The van der Waals surface area contributed by atoms with Crippen LogP contribution in [0, 0.1) is 40.2 Å². The van der Waals surface area contributed by atoms with E-state index in [4.69, 9.17) is 0 Å². The number of alkyl halides is 1. The van der Waals surface area contributed by atoms with Crippen molar-refractivity contribution in [2.75, 3.05) is 5.32 Å². The number of hydrogen-bond donors (Lipinski definition) is 1. The first-order chi connectivity index (χ1) is 11.0. The summed E-state index contributed by atoms with van der Waals surface area (Å²) in [6, 6.07) is 3.37. The van der Waals surface area contributed by atoms with Crippen molar-refractivity contribution in [2.24, 2.45) is 16.2 Å². The molecule has 6 heteroatoms. The molecule has 3 unspecified atom stereocenters. The summed E-state index contributed by atoms with van der Waals surface area (Å²) in [6.07, 6.45) is 1.79. The van der Waals surface area contributed by atoms with Gasteiger partial charge in [-0.1, -0.05) is 42.8 Å². The predicted molar refractivity (Wildman–Crippen MR) is 97.5 cm³/mol. The predicted octanol–water partition coefficient (Wildman–Crippen LogP) is 4.74. The van der Waals surface area contributed by atoms with Crippen LogP contribution in [0.5, 0.6) is 0 Å². The number of carbonyl (C=O) groups is 1. The summed E-state index contributed by atoms with van der Waals surface area (Å²) in [5.74, 6) is -0.112. The number of nitro groups is 1. The van der Waals surface area contributed by atoms with Crippen LogP contribution in [0.3, 0.4) is 0 Å². The molecule has 1 amide bonds. The van der Waals surface area contributed by atoms with Gasteiger partial charge in [0, 0.05) is 10.9 Å². The summed E-state index contributed by atoms with van der Waals surface area (Å²) >= 11 is 3.74. The van der Waals surface area contributed by atoms with Crippen molar-refractivity contribution in [3.05, 3.63) is 33.4 Å². The summed E-state index contributed by atoms with van der Waals surface area (Å²) in [5, 5.41) is 14.3. The average molecular weight is 395 g/mol. The van der Waals surface area contributed by atoms with Gasteiger partial charge < -0.3 is 5.32 Å². The van der Waals surface area contributed by atoms with Crippen LogP contribution in [0.1, 0.15) is 44.7 Å². The Morgan fingerprint density at radius 1 is 1.29 bits per heavy atom. The van der Waals surface area contributed by atoms with Gasteiger partial charge in [0.1, 0.15) is 5.69 Å². The van der Waals surface area contributed by atoms with Gasteiger partial charge in [-0.2, -0.15) is 0 Å². The largest absolute Gasteiger partial charge is 0.320 e. The molecular weight excluding hydrogens is 372 g/mol. The first-order valence-electron chi connectivity index (χ1n) is 8.20. The lowest BCUT2D eigenvalue weighted by atomic mass is 9.43. The fourth-order valence-electron chi connectivity index (χ4n) is 4.93. The lowest BCUT2D eigenvalue weighted by Gasteiger charge is -2.64. The van der Waals surface area contributed by atoms with Crippen LogP contribution in [0.2, 0.25) is 0 Å². The lowest BCUT2D eigenvalue weighted by molar-refractivity contribution is -0.384. The molecule has 0 aliphatic heterocycles. The molecule has 130 valence electrons. The van der Waals surface area contributed by atoms with E-state index in [0.29, 0.717) is 5.69 Å². The third kappa shape index (κ3) is 1.83. The minimum Gasteiger partial charge on any atom is -0.320 e. The number of anilines is 1. The number of amides is 1. The summed E-state index contributed by atoms with van der Waals surface area (Å²) in [4.78, 5) is 24.3. The Morgan fingerprint density at radius 2 is 1.92 bits per heavy atom. The molecule has 0 saturated heterocycles. The standard InChI is InChI=1S/C18H23BrN2O3/c1-10-8-11(2)13(12(9-10)21(23)24)20-15(22)18-7-6-17(5,14(18)19)16(18,3)4/h8-9,14H,6-7H2,1-5H3,(H,20,22). The van der Waals surface area contributed by atoms with Gasteiger partial charge in [0.2, 0.25) is 5.91 Å². The van der Waals surface area contributed by atoms with Crippen molar-refractivity contribution in [1.82, 2.24) is 0 Å². The van der Waals surface area contributed by atoms with Gasteiger partial charge in [0.15, 0.2) is 0 Å². The first kappa shape index (κ1) is 17.4. The van der Waals surface area contributed by atoms with Crippen LogP contribution < -0.4 is 5.32 Å². The molecule has 1 N–H and O–H groups in total. The molecule has 3 aliphatic rings. The van der Waals surface area contributed by atoms with E-state index in [0.717, 1.165) is 24.0 Å². The van der Waals surface area contributed by atoms with Gasteiger partial charge in [0.25, 0.3) is 5.69 Å². The second-order valence-electron chi connectivity index (χ2n) is 8.06. The highest BCUT2D eigenvalue weighted by atomic mass is 79.9. The maximum absolute atomic E-state index is 13.2. The van der Waals surface area contributed by atoms with Gasteiger partial charge in [-0.3, -0.25) is 14.9 Å². The normalized spacial score (nSPS) is 33.0. The molecule has 3 fully saturated rings. The van der Waals surface area contributed by atoms with Crippen LogP contribution in [0.25, 0.3) is 0 Å². The van der Waals surface area contributed by atoms with Crippen LogP contribution in [0.4, 0.5) is 11.4 Å². The topological polar surface area (TPSA) is 72.2 Å². The zero-order valence-corrected chi connectivity index (χ0v) is 16.3. The molecule has 0 heterocycles. The van der Waals surface area contributed by atoms with Gasteiger partial charge in [-0.25, -0.2) is 0 Å². The highest BCUT2D eigenvalue weighted by molar-refractivity contribution is 9.09. The number of fused-ring (bicyclic) bond motifs is 1. The summed E-state index contributed by atoms with van der Waals surface area (Å²) in [5.41, 5.74) is 1.22. The molecular formula is C18H23BrN2O3. The third-order valence-electron chi connectivity index (χ3n) is 6.87. The Bertz CT molecular complexity index is 761. The average Bonchev–Trinajstić information content (AvgIpc) is 2.88. The van der Waals surface area contributed by atoms with E-state index in [9.17, 15) is 14.9 Å². The fraction of sp³-hybridized carbons (Fsp3) is 0.611. The maximum atomic E-state index is 13.2. The van der Waals surface area contributed by atoms with E-state index in [1.165, 1.54) is 6.07 Å². The number of nitro benzene ring substituents is 1. The van der Waals surface area contributed by atoms with Gasteiger partial charge in [-0.15, -0.1) is 0 Å². The summed E-state index contributed by atoms with van der Waals surface area (Å²) in [6.45, 7) is 10.1. The zero-order chi connectivity index (χ0) is 18.1. The number of aryl methyl sites for hydroxylation is 2. The van der Waals surface area contributed by atoms with Crippen molar-refractivity contribution in [2.45, 2.75) is 52.3 Å². The van der Waals surface area contributed by atoms with Gasteiger partial charge >= 0.3 is 0 Å². The molecule has 2 bridgehead atoms. The fourth-order valence-corrected chi connectivity index (χ4v) is 6.74. The molecule has 24 heavy (non-hydrogen) atoms. The Kier molecular flexibility index (Phi) is 3.65. The maximum Gasteiger partial charge on any atom is 0.293 e. The smallest absolute Gasteiger partial charge is 0.293 e. The minimum atomic E-state index is -0.521. The van der Waals surface area contributed by atoms with Crippen molar-refractivity contribution < 1.29 is 9.72 Å². The van der Waals surface area contributed by atoms with Crippen molar-refractivity contribution in [3.63, 3.8) is 0 Å². The quantitative estimate of drug-likeness (QED) is 0.457. The van der Waals surface area contributed by atoms with Crippen LogP contribution in [-0.2, 0) is 4.79 Å². The highest BCUT2D eigenvalue weighted by Gasteiger charge is 2.80. The number of hydrogen-bond acceptors (Lipinski definition) is 3. The van der Waals surface area contributed by atoms with Gasteiger partial charge in [-0.05, 0) is 48.6 Å². The number of halogens is 1. The number of nitrogens with zero attached hydrogens (tertiary/aromatic N) is 1. The van der Waals surface area contributed by atoms with Crippen LogP contribution >= 0.6 is 15.9 Å². The Labute approximate surface area is 150 Å². The Balaban J connectivity index is 1.99. The summed E-state index contributed by atoms with van der Waals surface area (Å²) in [7, 11) is 0. The third-order valence-corrected chi connectivity index (χ3v) is 8.67. The molecule has 1 aromatic rings. The Hall–Kier alpha value is -1.43. The Morgan fingerprint density at radius 3 is 2.38 bits per heavy atom. The zero-order valence-electron chi connectivity index (χ0n) is 14.7. The van der Waals surface area contributed by atoms with E-state index >= 15 is 0 Å². The molecule has 0 spiro atoms. The monoisotopic (exact) mass is 394 g/mol. The van der Waals surface area contributed by atoms with E-state index in [1.807, 2.05) is 13.0 Å². The SMILES string of the molecule is Cc1cc(C)c(NC(=O)C23CCC(C)(C2Br)C3(C)C)c([N+](=O)[O-])c1. The second-order valence-corrected chi connectivity index (χ2v) is 8.98. The number of rotatable bonds is 3. The van der Waals surface area contributed by atoms with E-state index < -0.39 is 10.3 Å². The molecule has 4 rings (SSSR count). The van der Waals surface area contributed by atoms with Crippen molar-refractivity contribution >= 4 is 33.2 Å². The second kappa shape index (κ2) is 5.04. The molecule has 3 atom stereocenters. The van der Waals surface area contributed by atoms with Crippen molar-refractivity contribution in [3.8, 4) is 0 Å². The molecule has 3 saturated carbocycles. The van der Waals surface area contributed by atoms with Gasteiger partial charge in [0.05, 0.1) is 10.3 Å². The van der Waals surface area contributed by atoms with E-state index in [-0.39, 0.29) is 27.3 Å². The summed E-state index contributed by atoms with van der Waals surface area (Å²) < 4.78 is 0. The molecule has 0 radical (unpaired) electrons. The number of nitrogens with one attached hydrogen (secondary N) is 1. The van der Waals surface area contributed by atoms with Crippen molar-refractivity contribution in [1.29, 1.82) is 0 Å². The molecule has 1 aromatic carbocycles. The lowest BCUT2D eigenvalue weighted by Crippen LogP contribution is -2.68. The molecule has 3 aliphatic carbocycles. The number of carbonyl (C=O) groups excluding carboxylic acids is 1. The first-order valence-corrected chi connectivity index (χ1v) is 9.12. The molecule has 0 aromatic heterocycles. The highest BCUT2D eigenvalue weighted by Crippen LogP contribution is 2.79. The minimum absolute atomic E-state index is 0.0405.